The smallest absolute Gasteiger partial charge is 0.308 e. The van der Waals surface area contributed by atoms with Gasteiger partial charge in [-0.2, -0.15) is 0 Å². The van der Waals surface area contributed by atoms with Crippen molar-refractivity contribution in [2.75, 3.05) is 13.1 Å². The number of benzene rings is 1. The molecule has 1 aromatic carbocycles. The molecule has 0 spiro atoms. The summed E-state index contributed by atoms with van der Waals surface area (Å²) < 4.78 is 12.9. The molecule has 0 aromatic heterocycles. The number of hydrogen-bond acceptors (Lipinski definition) is 2. The van der Waals surface area contributed by atoms with Crippen molar-refractivity contribution in [3.05, 3.63) is 35.6 Å². The van der Waals surface area contributed by atoms with Crippen LogP contribution >= 0.6 is 0 Å². The summed E-state index contributed by atoms with van der Waals surface area (Å²) in [6, 6.07) is 5.36. The molecule has 0 unspecified atom stereocenters. The van der Waals surface area contributed by atoms with Crippen molar-refractivity contribution >= 4 is 19.7 Å². The molecular formula is C15H19BFNO3. The summed E-state index contributed by atoms with van der Waals surface area (Å²) in [5.41, 5.74) is 0.400. The largest absolute Gasteiger partial charge is 0.481 e. The van der Waals surface area contributed by atoms with Crippen molar-refractivity contribution in [2.24, 2.45) is 11.8 Å². The van der Waals surface area contributed by atoms with Crippen molar-refractivity contribution in [3.8, 4) is 0 Å². The van der Waals surface area contributed by atoms with E-state index in [0.717, 1.165) is 19.2 Å². The van der Waals surface area contributed by atoms with E-state index in [1.807, 2.05) is 0 Å². The number of rotatable bonds is 5. The minimum atomic E-state index is -0.842. The number of carboxylic acid groups (broad SMARTS) is 1. The van der Waals surface area contributed by atoms with E-state index in [1.54, 1.807) is 4.90 Å². The monoisotopic (exact) mass is 291 g/mol. The number of likely N-dealkylation sites (tertiary alicyclic amines) is 1. The van der Waals surface area contributed by atoms with E-state index >= 15 is 0 Å². The van der Waals surface area contributed by atoms with Crippen LogP contribution in [0.1, 0.15) is 23.2 Å². The molecule has 1 fully saturated rings. The third-order valence-corrected chi connectivity index (χ3v) is 4.07. The Kier molecular flexibility index (Phi) is 4.99. The Balaban J connectivity index is 2.08. The molecule has 21 heavy (non-hydrogen) atoms. The highest BCUT2D eigenvalue weighted by atomic mass is 19.1. The first-order valence-corrected chi connectivity index (χ1v) is 7.30. The van der Waals surface area contributed by atoms with Crippen LogP contribution in [0.3, 0.4) is 0 Å². The van der Waals surface area contributed by atoms with Gasteiger partial charge in [0, 0.05) is 18.7 Å². The van der Waals surface area contributed by atoms with Gasteiger partial charge in [-0.05, 0) is 36.6 Å². The van der Waals surface area contributed by atoms with Crippen LogP contribution in [0.4, 0.5) is 4.39 Å². The van der Waals surface area contributed by atoms with Crippen molar-refractivity contribution < 1.29 is 19.1 Å². The lowest BCUT2D eigenvalue weighted by molar-refractivity contribution is -0.142. The second-order valence-electron chi connectivity index (χ2n) is 5.56. The molecule has 0 radical (unpaired) electrons. The minimum Gasteiger partial charge on any atom is -0.481 e. The number of carboxylic acids is 1. The summed E-state index contributed by atoms with van der Waals surface area (Å²) in [6.45, 7) is 0.701. The Hall–Kier alpha value is -1.85. The molecule has 0 aliphatic carbocycles. The highest BCUT2D eigenvalue weighted by molar-refractivity contribution is 6.08. The van der Waals surface area contributed by atoms with Gasteiger partial charge in [0.15, 0.2) is 0 Å². The Morgan fingerprint density at radius 2 is 1.95 bits per heavy atom. The first kappa shape index (κ1) is 15.5. The molecular weight excluding hydrogens is 272 g/mol. The molecule has 1 N–H and O–H groups in total. The fourth-order valence-corrected chi connectivity index (χ4v) is 2.85. The quantitative estimate of drug-likeness (QED) is 0.835. The van der Waals surface area contributed by atoms with Gasteiger partial charge in [0.1, 0.15) is 13.7 Å². The van der Waals surface area contributed by atoms with Gasteiger partial charge in [-0.3, -0.25) is 9.59 Å². The van der Waals surface area contributed by atoms with Gasteiger partial charge in [0.05, 0.1) is 5.92 Å². The van der Waals surface area contributed by atoms with Crippen molar-refractivity contribution in [2.45, 2.75) is 19.2 Å². The van der Waals surface area contributed by atoms with Crippen LogP contribution in [0.5, 0.6) is 0 Å². The molecule has 2 atom stereocenters. The molecule has 1 saturated heterocycles. The maximum absolute atomic E-state index is 12.9. The molecule has 0 saturated carbocycles. The summed E-state index contributed by atoms with van der Waals surface area (Å²) in [7, 11) is 2.06. The van der Waals surface area contributed by atoms with Gasteiger partial charge in [0.2, 0.25) is 0 Å². The van der Waals surface area contributed by atoms with Crippen molar-refractivity contribution in [1.82, 2.24) is 4.90 Å². The molecule has 6 heteroatoms. The van der Waals surface area contributed by atoms with Crippen molar-refractivity contribution in [3.63, 3.8) is 0 Å². The average molecular weight is 291 g/mol. The normalized spacial score (nSPS) is 21.5. The number of nitrogens with zero attached hydrogens (tertiary/aromatic N) is 1. The van der Waals surface area contributed by atoms with Gasteiger partial charge in [-0.25, -0.2) is 4.39 Å². The van der Waals surface area contributed by atoms with Crippen LogP contribution in [-0.2, 0) is 4.79 Å². The molecule has 1 heterocycles. The van der Waals surface area contributed by atoms with Crippen molar-refractivity contribution in [1.29, 1.82) is 0 Å². The van der Waals surface area contributed by atoms with Gasteiger partial charge in [-0.15, -0.1) is 0 Å². The van der Waals surface area contributed by atoms with E-state index in [9.17, 15) is 19.1 Å². The SMILES string of the molecule is BCCC[C@H]1CN(C(=O)c2ccc(F)cc2)C[C@H]1C(=O)O. The van der Waals surface area contributed by atoms with Crippen LogP contribution < -0.4 is 0 Å². The zero-order valence-electron chi connectivity index (χ0n) is 12.1. The molecule has 1 amide bonds. The molecule has 0 bridgehead atoms. The summed E-state index contributed by atoms with van der Waals surface area (Å²) >= 11 is 0. The number of aliphatic carboxylic acids is 1. The topological polar surface area (TPSA) is 57.6 Å². The Morgan fingerprint density at radius 3 is 2.52 bits per heavy atom. The van der Waals surface area contributed by atoms with Crippen LogP contribution in [-0.4, -0.2) is 42.8 Å². The van der Waals surface area contributed by atoms with Gasteiger partial charge in [-0.1, -0.05) is 12.7 Å². The highest BCUT2D eigenvalue weighted by Gasteiger charge is 2.39. The van der Waals surface area contributed by atoms with E-state index in [2.05, 4.69) is 7.85 Å². The fourth-order valence-electron chi connectivity index (χ4n) is 2.85. The lowest BCUT2D eigenvalue weighted by Crippen LogP contribution is -2.29. The Morgan fingerprint density at radius 1 is 1.29 bits per heavy atom. The Labute approximate surface area is 124 Å². The standard InChI is InChI=1S/C15H19BFNO3/c16-7-1-2-11-8-18(9-13(11)15(20)21)14(19)10-3-5-12(17)6-4-10/h3-6,11,13H,1-2,7-9,16H2,(H,20,21)/t11-,13+/m0/s1. The van der Waals surface area contributed by atoms with Gasteiger partial charge < -0.3 is 10.0 Å². The molecule has 1 aliphatic heterocycles. The lowest BCUT2D eigenvalue weighted by atomic mass is 9.88. The van der Waals surface area contributed by atoms with E-state index in [4.69, 9.17) is 0 Å². The lowest BCUT2D eigenvalue weighted by Gasteiger charge is -2.16. The van der Waals surface area contributed by atoms with Crippen LogP contribution in [0.15, 0.2) is 24.3 Å². The second kappa shape index (κ2) is 6.74. The number of carbonyl (C=O) groups is 2. The first-order chi connectivity index (χ1) is 10.0. The predicted octanol–water partition coefficient (Wildman–Crippen LogP) is 1.43. The van der Waals surface area contributed by atoms with E-state index in [1.165, 1.54) is 24.3 Å². The maximum atomic E-state index is 12.9. The van der Waals surface area contributed by atoms with E-state index in [0.29, 0.717) is 12.1 Å². The zero-order valence-corrected chi connectivity index (χ0v) is 12.1. The van der Waals surface area contributed by atoms with Crippen LogP contribution in [0, 0.1) is 17.7 Å². The van der Waals surface area contributed by atoms with E-state index in [-0.39, 0.29) is 18.4 Å². The highest BCUT2D eigenvalue weighted by Crippen LogP contribution is 2.29. The van der Waals surface area contributed by atoms with Crippen LogP contribution in [0.2, 0.25) is 6.32 Å². The number of amides is 1. The van der Waals surface area contributed by atoms with E-state index < -0.39 is 17.7 Å². The molecule has 112 valence electrons. The van der Waals surface area contributed by atoms with Crippen LogP contribution in [0.25, 0.3) is 0 Å². The maximum Gasteiger partial charge on any atom is 0.308 e. The second-order valence-corrected chi connectivity index (χ2v) is 5.56. The summed E-state index contributed by atoms with van der Waals surface area (Å²) in [4.78, 5) is 25.3. The Bertz CT molecular complexity index is 520. The molecule has 2 rings (SSSR count). The van der Waals surface area contributed by atoms with Gasteiger partial charge in [0.25, 0.3) is 5.91 Å². The minimum absolute atomic E-state index is 0.00634. The molecule has 1 aliphatic rings. The summed E-state index contributed by atoms with van der Waals surface area (Å²) in [5, 5.41) is 9.30. The zero-order chi connectivity index (χ0) is 15.4. The fraction of sp³-hybridized carbons (Fsp3) is 0.467. The summed E-state index contributed by atoms with van der Waals surface area (Å²) in [6.07, 6.45) is 2.79. The molecule has 1 aromatic rings. The average Bonchev–Trinajstić information content (AvgIpc) is 2.89. The third-order valence-electron chi connectivity index (χ3n) is 4.07. The summed E-state index contributed by atoms with van der Waals surface area (Å²) in [5.74, 6) is -1.95. The number of carbonyl (C=O) groups excluding carboxylic acids is 1. The predicted molar refractivity (Wildman–Crippen MR) is 79.5 cm³/mol. The number of halogens is 1. The first-order valence-electron chi connectivity index (χ1n) is 7.30. The third kappa shape index (κ3) is 3.62. The molecule has 4 nitrogen and oxygen atoms in total. The van der Waals surface area contributed by atoms with Gasteiger partial charge >= 0.3 is 5.97 Å². The number of hydrogen-bond donors (Lipinski definition) is 1.